The number of hydrogen-bond donors (Lipinski definition) is 1. The molecule has 0 bridgehead atoms. The van der Waals surface area contributed by atoms with Crippen LogP contribution in [0.3, 0.4) is 0 Å². The van der Waals surface area contributed by atoms with Gasteiger partial charge in [-0.3, -0.25) is 4.79 Å². The molecular weight excluding hydrogens is 182 g/mol. The number of methoxy groups -OCH3 is 1. The van der Waals surface area contributed by atoms with Crippen molar-refractivity contribution in [1.29, 1.82) is 0 Å². The van der Waals surface area contributed by atoms with E-state index < -0.39 is 0 Å². The van der Waals surface area contributed by atoms with Gasteiger partial charge < -0.3 is 14.5 Å². The average Bonchev–Trinajstić information content (AvgIpc) is 2.56. The molecule has 78 valence electrons. The first-order chi connectivity index (χ1) is 6.72. The number of ether oxygens (including phenoxy) is 1. The van der Waals surface area contributed by atoms with Gasteiger partial charge in [-0.1, -0.05) is 0 Å². The third kappa shape index (κ3) is 3.62. The second-order valence-electron chi connectivity index (χ2n) is 3.19. The molecule has 0 radical (unpaired) electrons. The van der Waals surface area contributed by atoms with E-state index in [1.54, 1.807) is 6.26 Å². The zero-order valence-electron chi connectivity index (χ0n) is 8.45. The lowest BCUT2D eigenvalue weighted by Gasteiger charge is -2.11. The number of furan rings is 1. The molecule has 0 aliphatic carbocycles. The zero-order chi connectivity index (χ0) is 10.4. The van der Waals surface area contributed by atoms with Gasteiger partial charge in [-0.15, -0.1) is 0 Å². The number of hydrogen-bond acceptors (Lipinski definition) is 3. The Morgan fingerprint density at radius 3 is 3.07 bits per heavy atom. The zero-order valence-corrected chi connectivity index (χ0v) is 8.45. The van der Waals surface area contributed by atoms with Gasteiger partial charge in [0.1, 0.15) is 12.4 Å². The lowest BCUT2D eigenvalue weighted by atomic mass is 10.2. The molecule has 0 fully saturated rings. The maximum Gasteiger partial charge on any atom is 0.246 e. The van der Waals surface area contributed by atoms with Crippen LogP contribution in [0, 0.1) is 0 Å². The summed E-state index contributed by atoms with van der Waals surface area (Å²) in [5.74, 6) is 0.766. The Balaban J connectivity index is 2.29. The van der Waals surface area contributed by atoms with Crippen LogP contribution in [-0.2, 0) is 16.0 Å². The molecule has 0 aliphatic heterocycles. The second-order valence-corrected chi connectivity index (χ2v) is 3.19. The van der Waals surface area contributed by atoms with Crippen molar-refractivity contribution in [2.45, 2.75) is 19.4 Å². The minimum absolute atomic E-state index is 0.0591. The third-order valence-electron chi connectivity index (χ3n) is 1.77. The van der Waals surface area contributed by atoms with Crippen LogP contribution in [-0.4, -0.2) is 25.7 Å². The molecule has 4 heteroatoms. The van der Waals surface area contributed by atoms with Crippen LogP contribution in [0.5, 0.6) is 0 Å². The van der Waals surface area contributed by atoms with Crippen LogP contribution < -0.4 is 5.32 Å². The van der Waals surface area contributed by atoms with Gasteiger partial charge in [-0.2, -0.15) is 0 Å². The van der Waals surface area contributed by atoms with E-state index in [0.717, 1.165) is 5.76 Å². The van der Waals surface area contributed by atoms with Gasteiger partial charge in [0, 0.05) is 19.6 Å². The lowest BCUT2D eigenvalue weighted by molar-refractivity contribution is -0.125. The highest BCUT2D eigenvalue weighted by molar-refractivity contribution is 5.77. The molecule has 0 saturated heterocycles. The molecule has 0 aromatic carbocycles. The standard InChI is InChI=1S/C10H15NO3/c1-8(11-10(12)7-13-2)6-9-4-3-5-14-9/h3-5,8H,6-7H2,1-2H3,(H,11,12). The Bertz CT molecular complexity index is 269. The molecule has 0 saturated carbocycles. The van der Waals surface area contributed by atoms with E-state index in [1.165, 1.54) is 7.11 Å². The van der Waals surface area contributed by atoms with E-state index in [2.05, 4.69) is 5.32 Å². The first-order valence-corrected chi connectivity index (χ1v) is 4.53. The fourth-order valence-corrected chi connectivity index (χ4v) is 1.23. The summed E-state index contributed by atoms with van der Waals surface area (Å²) in [5.41, 5.74) is 0. The fraction of sp³-hybridized carbons (Fsp3) is 0.500. The van der Waals surface area contributed by atoms with Gasteiger partial charge in [-0.05, 0) is 19.1 Å². The van der Waals surface area contributed by atoms with Crippen LogP contribution >= 0.6 is 0 Å². The van der Waals surface area contributed by atoms with Crippen LogP contribution in [0.4, 0.5) is 0 Å². The maximum absolute atomic E-state index is 11.1. The largest absolute Gasteiger partial charge is 0.469 e. The lowest BCUT2D eigenvalue weighted by Crippen LogP contribution is -2.36. The summed E-state index contributed by atoms with van der Waals surface area (Å²) in [6.07, 6.45) is 2.32. The minimum Gasteiger partial charge on any atom is -0.469 e. The predicted molar refractivity (Wildman–Crippen MR) is 51.9 cm³/mol. The first-order valence-electron chi connectivity index (χ1n) is 4.53. The van der Waals surface area contributed by atoms with E-state index in [4.69, 9.17) is 9.15 Å². The van der Waals surface area contributed by atoms with Gasteiger partial charge in [0.2, 0.25) is 5.91 Å². The normalized spacial score (nSPS) is 12.4. The average molecular weight is 197 g/mol. The van der Waals surface area contributed by atoms with Crippen molar-refractivity contribution in [2.24, 2.45) is 0 Å². The predicted octanol–water partition coefficient (Wildman–Crippen LogP) is 0.973. The minimum atomic E-state index is -0.105. The van der Waals surface area contributed by atoms with Crippen molar-refractivity contribution in [2.75, 3.05) is 13.7 Å². The summed E-state index contributed by atoms with van der Waals surface area (Å²) < 4.78 is 9.87. The third-order valence-corrected chi connectivity index (χ3v) is 1.77. The molecule has 1 unspecified atom stereocenters. The van der Waals surface area contributed by atoms with Crippen molar-refractivity contribution in [1.82, 2.24) is 5.32 Å². The molecular formula is C10H15NO3. The Hall–Kier alpha value is -1.29. The summed E-state index contributed by atoms with van der Waals surface area (Å²) in [6, 6.07) is 3.78. The van der Waals surface area contributed by atoms with E-state index in [9.17, 15) is 4.79 Å². The van der Waals surface area contributed by atoms with Crippen LogP contribution in [0.1, 0.15) is 12.7 Å². The summed E-state index contributed by atoms with van der Waals surface area (Å²) in [4.78, 5) is 11.1. The molecule has 1 amide bonds. The number of nitrogens with one attached hydrogen (secondary N) is 1. The van der Waals surface area contributed by atoms with Crippen LogP contribution in [0.25, 0.3) is 0 Å². The van der Waals surface area contributed by atoms with Crippen molar-refractivity contribution < 1.29 is 13.9 Å². The van der Waals surface area contributed by atoms with Crippen LogP contribution in [0.2, 0.25) is 0 Å². The summed E-state index contributed by atoms with van der Waals surface area (Å²) >= 11 is 0. The van der Waals surface area contributed by atoms with Gasteiger partial charge >= 0.3 is 0 Å². The van der Waals surface area contributed by atoms with E-state index in [-0.39, 0.29) is 18.6 Å². The van der Waals surface area contributed by atoms with Gasteiger partial charge in [-0.25, -0.2) is 0 Å². The summed E-state index contributed by atoms with van der Waals surface area (Å²) in [5, 5.41) is 2.80. The first kappa shape index (κ1) is 10.8. The van der Waals surface area contributed by atoms with Crippen molar-refractivity contribution in [3.05, 3.63) is 24.2 Å². The fourth-order valence-electron chi connectivity index (χ4n) is 1.23. The molecule has 1 aromatic rings. The molecule has 1 rings (SSSR count). The molecule has 1 heterocycles. The Labute approximate surface area is 83.2 Å². The molecule has 1 atom stereocenters. The van der Waals surface area contributed by atoms with E-state index >= 15 is 0 Å². The Kier molecular flexibility index (Phi) is 4.19. The monoisotopic (exact) mass is 197 g/mol. The SMILES string of the molecule is COCC(=O)NC(C)Cc1ccco1. The van der Waals surface area contributed by atoms with Crippen molar-refractivity contribution in [3.8, 4) is 0 Å². The molecule has 1 N–H and O–H groups in total. The maximum atomic E-state index is 11.1. The smallest absolute Gasteiger partial charge is 0.246 e. The highest BCUT2D eigenvalue weighted by Crippen LogP contribution is 2.03. The Morgan fingerprint density at radius 1 is 1.71 bits per heavy atom. The van der Waals surface area contributed by atoms with Gasteiger partial charge in [0.25, 0.3) is 0 Å². The van der Waals surface area contributed by atoms with Crippen LogP contribution in [0.15, 0.2) is 22.8 Å². The highest BCUT2D eigenvalue weighted by Gasteiger charge is 2.08. The summed E-state index contributed by atoms with van der Waals surface area (Å²) in [6.45, 7) is 2.03. The van der Waals surface area contributed by atoms with Crippen molar-refractivity contribution >= 4 is 5.91 Å². The molecule has 1 aromatic heterocycles. The summed E-state index contributed by atoms with van der Waals surface area (Å²) in [7, 11) is 1.50. The van der Waals surface area contributed by atoms with Crippen molar-refractivity contribution in [3.63, 3.8) is 0 Å². The number of amides is 1. The number of rotatable bonds is 5. The molecule has 0 aliphatic rings. The number of carbonyl (C=O) groups excluding carboxylic acids is 1. The quantitative estimate of drug-likeness (QED) is 0.765. The topological polar surface area (TPSA) is 51.5 Å². The molecule has 14 heavy (non-hydrogen) atoms. The van der Waals surface area contributed by atoms with E-state index in [0.29, 0.717) is 6.42 Å². The molecule has 4 nitrogen and oxygen atoms in total. The van der Waals surface area contributed by atoms with E-state index in [1.807, 2.05) is 19.1 Å². The second kappa shape index (κ2) is 5.44. The molecule has 0 spiro atoms. The highest BCUT2D eigenvalue weighted by atomic mass is 16.5. The van der Waals surface area contributed by atoms with Gasteiger partial charge in [0.15, 0.2) is 0 Å². The van der Waals surface area contributed by atoms with Gasteiger partial charge in [0.05, 0.1) is 6.26 Å². The number of carbonyl (C=O) groups is 1. The Morgan fingerprint density at radius 2 is 2.50 bits per heavy atom.